The zero-order valence-corrected chi connectivity index (χ0v) is 13.7. The van der Waals surface area contributed by atoms with Crippen molar-refractivity contribution in [3.8, 4) is 0 Å². The number of nitrogens with one attached hydrogen (secondary N) is 2. The Morgan fingerprint density at radius 1 is 1.36 bits per heavy atom. The largest absolute Gasteiger partial charge is 0.361 e. The number of aryl methyl sites for hydroxylation is 4. The fourth-order valence-corrected chi connectivity index (χ4v) is 3.70. The molecule has 2 aromatic heterocycles. The number of nitrogens with zero attached hydrogens (tertiary/aromatic N) is 2. The molecular formula is C15H20N4O2S. The zero-order chi connectivity index (χ0) is 15.5. The second-order valence-electron chi connectivity index (χ2n) is 5.43. The lowest BCUT2D eigenvalue weighted by atomic mass is 10.0. The molecule has 0 saturated carbocycles. The first-order chi connectivity index (χ1) is 10.7. The molecule has 0 bridgehead atoms. The number of carbonyl (C=O) groups is 1. The highest BCUT2D eigenvalue weighted by Crippen LogP contribution is 2.29. The second kappa shape index (κ2) is 6.48. The molecule has 0 radical (unpaired) electrons. The molecule has 3 rings (SSSR count). The van der Waals surface area contributed by atoms with Gasteiger partial charge in [-0.2, -0.15) is 0 Å². The summed E-state index contributed by atoms with van der Waals surface area (Å²) in [6, 6.07) is -0.242. The first-order valence-corrected chi connectivity index (χ1v) is 8.46. The molecule has 0 unspecified atom stereocenters. The van der Waals surface area contributed by atoms with Gasteiger partial charge in [-0.1, -0.05) is 12.1 Å². The first kappa shape index (κ1) is 15.0. The van der Waals surface area contributed by atoms with E-state index >= 15 is 0 Å². The van der Waals surface area contributed by atoms with Gasteiger partial charge >= 0.3 is 6.03 Å². The molecule has 0 fully saturated rings. The molecule has 7 heteroatoms. The van der Waals surface area contributed by atoms with Crippen molar-refractivity contribution in [2.75, 3.05) is 5.32 Å². The van der Waals surface area contributed by atoms with Gasteiger partial charge in [-0.05, 0) is 32.6 Å². The molecule has 22 heavy (non-hydrogen) atoms. The SMILES string of the molecule is CCc1onc(C)c1CNC(=O)Nc1nc2c(s1)CCCC2. The molecule has 0 aliphatic heterocycles. The van der Waals surface area contributed by atoms with Crippen LogP contribution in [0.5, 0.6) is 0 Å². The molecule has 2 N–H and O–H groups in total. The van der Waals surface area contributed by atoms with E-state index in [4.69, 9.17) is 4.52 Å². The number of anilines is 1. The highest BCUT2D eigenvalue weighted by molar-refractivity contribution is 7.15. The van der Waals surface area contributed by atoms with Gasteiger partial charge in [-0.25, -0.2) is 9.78 Å². The standard InChI is InChI=1S/C15H20N4O2S/c1-3-12-10(9(2)19-21-12)8-16-14(20)18-15-17-11-6-4-5-7-13(11)22-15/h3-8H2,1-2H3,(H2,16,17,18,20). The lowest BCUT2D eigenvalue weighted by molar-refractivity contribution is 0.251. The highest BCUT2D eigenvalue weighted by Gasteiger charge is 2.17. The third kappa shape index (κ3) is 3.14. The topological polar surface area (TPSA) is 80.0 Å². The molecule has 2 amide bonds. The number of rotatable bonds is 4. The minimum atomic E-state index is -0.242. The van der Waals surface area contributed by atoms with Crippen molar-refractivity contribution in [3.05, 3.63) is 27.6 Å². The molecule has 0 spiro atoms. The van der Waals surface area contributed by atoms with E-state index in [1.54, 1.807) is 11.3 Å². The van der Waals surface area contributed by atoms with Crippen molar-refractivity contribution in [2.45, 2.75) is 52.5 Å². The normalized spacial score (nSPS) is 13.7. The molecule has 0 saturated heterocycles. The van der Waals surface area contributed by atoms with Crippen molar-refractivity contribution >= 4 is 22.5 Å². The summed E-state index contributed by atoms with van der Waals surface area (Å²) in [5.41, 5.74) is 2.92. The molecule has 1 aliphatic rings. The molecule has 1 aliphatic carbocycles. The molecule has 0 aromatic carbocycles. The summed E-state index contributed by atoms with van der Waals surface area (Å²) in [5, 5.41) is 10.3. The maximum Gasteiger partial charge on any atom is 0.321 e. The number of thiazole rings is 1. The van der Waals surface area contributed by atoms with Crippen LogP contribution in [0.25, 0.3) is 0 Å². The van der Waals surface area contributed by atoms with Crippen molar-refractivity contribution in [1.29, 1.82) is 0 Å². The summed E-state index contributed by atoms with van der Waals surface area (Å²) >= 11 is 1.58. The third-order valence-electron chi connectivity index (χ3n) is 3.88. The number of aromatic nitrogens is 2. The Labute approximate surface area is 133 Å². The van der Waals surface area contributed by atoms with Crippen LogP contribution in [0, 0.1) is 6.92 Å². The van der Waals surface area contributed by atoms with Crippen LogP contribution in [0.4, 0.5) is 9.93 Å². The maximum atomic E-state index is 12.0. The van der Waals surface area contributed by atoms with Gasteiger partial charge in [-0.3, -0.25) is 5.32 Å². The molecule has 6 nitrogen and oxygen atoms in total. The van der Waals surface area contributed by atoms with E-state index in [-0.39, 0.29) is 6.03 Å². The predicted molar refractivity (Wildman–Crippen MR) is 85.2 cm³/mol. The number of urea groups is 1. The Kier molecular flexibility index (Phi) is 4.42. The molecule has 0 atom stereocenters. The van der Waals surface area contributed by atoms with Crippen LogP contribution in [-0.2, 0) is 25.8 Å². The van der Waals surface area contributed by atoms with Gasteiger partial charge in [0.15, 0.2) is 5.13 Å². The van der Waals surface area contributed by atoms with E-state index in [1.807, 2.05) is 13.8 Å². The van der Waals surface area contributed by atoms with Crippen LogP contribution in [0.15, 0.2) is 4.52 Å². The molecular weight excluding hydrogens is 300 g/mol. The van der Waals surface area contributed by atoms with Gasteiger partial charge in [-0.15, -0.1) is 11.3 Å². The van der Waals surface area contributed by atoms with E-state index < -0.39 is 0 Å². The Morgan fingerprint density at radius 2 is 2.18 bits per heavy atom. The van der Waals surface area contributed by atoms with E-state index in [9.17, 15) is 4.79 Å². The van der Waals surface area contributed by atoms with Crippen LogP contribution in [0.2, 0.25) is 0 Å². The van der Waals surface area contributed by atoms with E-state index in [2.05, 4.69) is 20.8 Å². The van der Waals surface area contributed by atoms with Crippen molar-refractivity contribution in [2.24, 2.45) is 0 Å². The van der Waals surface area contributed by atoms with Gasteiger partial charge in [0.25, 0.3) is 0 Å². The average molecular weight is 320 g/mol. The number of hydrogen-bond donors (Lipinski definition) is 2. The Balaban J connectivity index is 1.58. The minimum absolute atomic E-state index is 0.242. The Bertz CT molecular complexity index is 654. The summed E-state index contributed by atoms with van der Waals surface area (Å²) < 4.78 is 5.22. The fraction of sp³-hybridized carbons (Fsp3) is 0.533. The Morgan fingerprint density at radius 3 is 2.95 bits per heavy atom. The van der Waals surface area contributed by atoms with Crippen molar-refractivity contribution in [1.82, 2.24) is 15.5 Å². The van der Waals surface area contributed by atoms with Crippen molar-refractivity contribution < 1.29 is 9.32 Å². The lowest BCUT2D eigenvalue weighted by Gasteiger charge is -2.06. The van der Waals surface area contributed by atoms with E-state index in [0.29, 0.717) is 11.7 Å². The summed E-state index contributed by atoms with van der Waals surface area (Å²) in [6.45, 7) is 4.30. The van der Waals surface area contributed by atoms with Gasteiger partial charge < -0.3 is 9.84 Å². The monoisotopic (exact) mass is 320 g/mol. The fourth-order valence-electron chi connectivity index (χ4n) is 2.66. The summed E-state index contributed by atoms with van der Waals surface area (Å²) in [5.74, 6) is 0.822. The number of carbonyl (C=O) groups excluding carboxylic acids is 1. The predicted octanol–water partition coefficient (Wildman–Crippen LogP) is 3.20. The second-order valence-corrected chi connectivity index (χ2v) is 6.51. The van der Waals surface area contributed by atoms with Crippen LogP contribution in [0.3, 0.4) is 0 Å². The zero-order valence-electron chi connectivity index (χ0n) is 12.9. The summed E-state index contributed by atoms with van der Waals surface area (Å²) in [6.07, 6.45) is 5.27. The van der Waals surface area contributed by atoms with E-state index in [1.165, 1.54) is 17.7 Å². The highest BCUT2D eigenvalue weighted by atomic mass is 32.1. The average Bonchev–Trinajstić information content (AvgIpc) is 3.07. The number of hydrogen-bond acceptors (Lipinski definition) is 5. The minimum Gasteiger partial charge on any atom is -0.361 e. The quantitative estimate of drug-likeness (QED) is 0.906. The molecule has 2 aromatic rings. The van der Waals surface area contributed by atoms with Crippen LogP contribution in [0.1, 0.15) is 47.4 Å². The summed E-state index contributed by atoms with van der Waals surface area (Å²) in [7, 11) is 0. The van der Waals surface area contributed by atoms with Gasteiger partial charge in [0.2, 0.25) is 0 Å². The van der Waals surface area contributed by atoms with Gasteiger partial charge in [0, 0.05) is 23.4 Å². The molecule has 2 heterocycles. The van der Waals surface area contributed by atoms with Gasteiger partial charge in [0.1, 0.15) is 5.76 Å². The number of fused-ring (bicyclic) bond motifs is 1. The summed E-state index contributed by atoms with van der Waals surface area (Å²) in [4.78, 5) is 17.8. The third-order valence-corrected chi connectivity index (χ3v) is 4.95. The Hall–Kier alpha value is -1.89. The lowest BCUT2D eigenvalue weighted by Crippen LogP contribution is -2.28. The smallest absolute Gasteiger partial charge is 0.321 e. The van der Waals surface area contributed by atoms with Crippen LogP contribution in [-0.4, -0.2) is 16.2 Å². The maximum absolute atomic E-state index is 12.0. The molecule has 118 valence electrons. The van der Waals surface area contributed by atoms with Crippen LogP contribution >= 0.6 is 11.3 Å². The van der Waals surface area contributed by atoms with E-state index in [0.717, 1.165) is 42.0 Å². The number of amides is 2. The first-order valence-electron chi connectivity index (χ1n) is 7.64. The van der Waals surface area contributed by atoms with Crippen LogP contribution < -0.4 is 10.6 Å². The van der Waals surface area contributed by atoms with Crippen molar-refractivity contribution in [3.63, 3.8) is 0 Å². The van der Waals surface area contributed by atoms with Gasteiger partial charge in [0.05, 0.1) is 11.4 Å².